The number of hydrogen-bond acceptors (Lipinski definition) is 5. The van der Waals surface area contributed by atoms with Crippen LogP contribution in [0.2, 0.25) is 5.02 Å². The number of likely N-dealkylation sites (tertiary alicyclic amines) is 1. The van der Waals surface area contributed by atoms with E-state index in [1.54, 1.807) is 29.3 Å². The molecule has 8 nitrogen and oxygen atoms in total. The number of rotatable bonds is 5. The van der Waals surface area contributed by atoms with Crippen molar-refractivity contribution in [3.05, 3.63) is 65.6 Å². The standard InChI is InChI=1S/C24H22ClF2N7O/c25-15-7-18-19(11-30-21(18)29-10-15)22-31-12-20(27)23(33-22)28-9-14-3-2-6-34(13-14)24(35)32-17-5-1-4-16(26)8-17/h1,4-5,7-8,10-12,14H,2-3,6,9,13H2,(H,29,30)(H,32,35)(H,28,31,33)/t14-/m1/s1. The zero-order valence-corrected chi connectivity index (χ0v) is 19.3. The molecule has 1 aromatic carbocycles. The second-order valence-corrected chi connectivity index (χ2v) is 8.85. The Kier molecular flexibility index (Phi) is 6.45. The number of carbonyl (C=O) groups is 1. The van der Waals surface area contributed by atoms with E-state index in [2.05, 4.69) is 30.6 Å². The van der Waals surface area contributed by atoms with E-state index in [4.69, 9.17) is 11.6 Å². The van der Waals surface area contributed by atoms with Crippen molar-refractivity contribution in [3.8, 4) is 11.4 Å². The first-order valence-corrected chi connectivity index (χ1v) is 11.5. The SMILES string of the molecule is O=C(Nc1cccc(F)c1)N1CCC[C@H](CNc2nc(-c3c[nH]c4ncc(Cl)cc34)ncc2F)C1. The first-order valence-electron chi connectivity index (χ1n) is 11.2. The molecular weight excluding hydrogens is 476 g/mol. The molecule has 1 atom stereocenters. The second kappa shape index (κ2) is 9.83. The number of amides is 2. The summed E-state index contributed by atoms with van der Waals surface area (Å²) in [6.07, 6.45) is 6.06. The van der Waals surface area contributed by atoms with Crippen LogP contribution in [-0.2, 0) is 0 Å². The van der Waals surface area contributed by atoms with Crippen LogP contribution in [0.1, 0.15) is 12.8 Å². The molecule has 4 heterocycles. The highest BCUT2D eigenvalue weighted by atomic mass is 35.5. The van der Waals surface area contributed by atoms with Crippen molar-refractivity contribution in [1.82, 2.24) is 24.8 Å². The number of halogens is 3. The normalized spacial score (nSPS) is 15.9. The van der Waals surface area contributed by atoms with E-state index in [0.717, 1.165) is 24.4 Å². The minimum Gasteiger partial charge on any atom is -0.367 e. The van der Waals surface area contributed by atoms with E-state index in [1.807, 2.05) is 0 Å². The first-order chi connectivity index (χ1) is 17.0. The number of nitrogens with one attached hydrogen (secondary N) is 3. The Morgan fingerprint density at radius 1 is 1.23 bits per heavy atom. The second-order valence-electron chi connectivity index (χ2n) is 8.42. The maximum Gasteiger partial charge on any atom is 0.321 e. The van der Waals surface area contributed by atoms with Gasteiger partial charge in [0.25, 0.3) is 0 Å². The lowest BCUT2D eigenvalue weighted by Crippen LogP contribution is -2.44. The zero-order valence-electron chi connectivity index (χ0n) is 18.6. The summed E-state index contributed by atoms with van der Waals surface area (Å²) >= 11 is 6.07. The van der Waals surface area contributed by atoms with Crippen molar-refractivity contribution in [2.75, 3.05) is 30.3 Å². The van der Waals surface area contributed by atoms with Crippen LogP contribution in [0.25, 0.3) is 22.4 Å². The molecule has 0 aliphatic carbocycles. The number of nitrogens with zero attached hydrogens (tertiary/aromatic N) is 4. The lowest BCUT2D eigenvalue weighted by molar-refractivity contribution is 0.180. The number of aromatic nitrogens is 4. The molecule has 3 aromatic heterocycles. The van der Waals surface area contributed by atoms with Crippen molar-refractivity contribution in [3.63, 3.8) is 0 Å². The van der Waals surface area contributed by atoms with Gasteiger partial charge in [-0.15, -0.1) is 0 Å². The Labute approximate surface area is 204 Å². The van der Waals surface area contributed by atoms with Crippen LogP contribution >= 0.6 is 11.6 Å². The number of urea groups is 1. The minimum atomic E-state index is -0.568. The Morgan fingerprint density at radius 2 is 2.11 bits per heavy atom. The third-order valence-corrected chi connectivity index (χ3v) is 6.13. The summed E-state index contributed by atoms with van der Waals surface area (Å²) < 4.78 is 27.9. The lowest BCUT2D eigenvalue weighted by atomic mass is 9.98. The van der Waals surface area contributed by atoms with Crippen molar-refractivity contribution in [2.24, 2.45) is 5.92 Å². The average Bonchev–Trinajstić information content (AvgIpc) is 3.27. The highest BCUT2D eigenvalue weighted by molar-refractivity contribution is 6.31. The molecule has 1 aliphatic rings. The number of piperidine rings is 1. The Morgan fingerprint density at radius 3 is 2.97 bits per heavy atom. The van der Waals surface area contributed by atoms with Crippen molar-refractivity contribution in [2.45, 2.75) is 12.8 Å². The van der Waals surface area contributed by atoms with Crippen LogP contribution in [0.4, 0.5) is 25.1 Å². The predicted molar refractivity (Wildman–Crippen MR) is 130 cm³/mol. The van der Waals surface area contributed by atoms with Crippen molar-refractivity contribution >= 4 is 40.2 Å². The summed E-state index contributed by atoms with van der Waals surface area (Å²) in [5.74, 6) is -0.469. The zero-order chi connectivity index (χ0) is 24.4. The smallest absolute Gasteiger partial charge is 0.321 e. The molecule has 0 bridgehead atoms. The number of hydrogen-bond donors (Lipinski definition) is 3. The van der Waals surface area contributed by atoms with Crippen LogP contribution in [0.3, 0.4) is 0 Å². The minimum absolute atomic E-state index is 0.0840. The number of benzene rings is 1. The van der Waals surface area contributed by atoms with Crippen LogP contribution < -0.4 is 10.6 Å². The van der Waals surface area contributed by atoms with Crippen LogP contribution in [0.5, 0.6) is 0 Å². The fourth-order valence-electron chi connectivity index (χ4n) is 4.21. The van der Waals surface area contributed by atoms with E-state index < -0.39 is 11.6 Å². The molecule has 1 saturated heterocycles. The van der Waals surface area contributed by atoms with Gasteiger partial charge in [-0.25, -0.2) is 28.5 Å². The van der Waals surface area contributed by atoms with Crippen molar-refractivity contribution in [1.29, 1.82) is 0 Å². The predicted octanol–water partition coefficient (Wildman–Crippen LogP) is 5.31. The summed E-state index contributed by atoms with van der Waals surface area (Å²) in [6.45, 7) is 1.51. The molecule has 0 radical (unpaired) electrons. The van der Waals surface area contributed by atoms with E-state index >= 15 is 0 Å². The summed E-state index contributed by atoms with van der Waals surface area (Å²) in [7, 11) is 0. The van der Waals surface area contributed by atoms with Gasteiger partial charge in [-0.2, -0.15) is 0 Å². The highest BCUT2D eigenvalue weighted by Gasteiger charge is 2.24. The molecule has 180 valence electrons. The van der Waals surface area contributed by atoms with Gasteiger partial charge in [0, 0.05) is 48.7 Å². The van der Waals surface area contributed by atoms with Crippen LogP contribution in [0, 0.1) is 17.6 Å². The number of fused-ring (bicyclic) bond motifs is 1. The van der Waals surface area contributed by atoms with Gasteiger partial charge < -0.3 is 20.5 Å². The molecule has 0 unspecified atom stereocenters. The quantitative estimate of drug-likeness (QED) is 0.347. The molecule has 1 aliphatic heterocycles. The fraction of sp³-hybridized carbons (Fsp3) is 0.250. The maximum absolute atomic E-state index is 14.5. The van der Waals surface area contributed by atoms with Gasteiger partial charge in [0.2, 0.25) is 0 Å². The summed E-state index contributed by atoms with van der Waals surface area (Å²) in [5.41, 5.74) is 1.70. The Hall–Kier alpha value is -3.79. The number of pyridine rings is 1. The van der Waals surface area contributed by atoms with E-state index in [1.165, 1.54) is 18.3 Å². The van der Waals surface area contributed by atoms with E-state index in [0.29, 0.717) is 47.4 Å². The molecule has 35 heavy (non-hydrogen) atoms. The third kappa shape index (κ3) is 5.17. The summed E-state index contributed by atoms with van der Waals surface area (Å²) in [5, 5.41) is 7.01. The molecule has 11 heteroatoms. The largest absolute Gasteiger partial charge is 0.367 e. The molecular formula is C24H22ClF2N7O. The molecule has 3 N–H and O–H groups in total. The number of H-pyrrole nitrogens is 1. The summed E-state index contributed by atoms with van der Waals surface area (Å²) in [4.78, 5) is 30.1. The molecule has 0 spiro atoms. The molecule has 2 amide bonds. The highest BCUT2D eigenvalue weighted by Crippen LogP contribution is 2.28. The molecule has 4 aromatic rings. The number of carbonyl (C=O) groups excluding carboxylic acids is 1. The average molecular weight is 498 g/mol. The Bertz CT molecular complexity index is 1380. The fourth-order valence-corrected chi connectivity index (χ4v) is 4.37. The van der Waals surface area contributed by atoms with Gasteiger partial charge in [-0.3, -0.25) is 0 Å². The number of aromatic amines is 1. The molecule has 1 fully saturated rings. The van der Waals surface area contributed by atoms with Gasteiger partial charge >= 0.3 is 6.03 Å². The molecule has 5 rings (SSSR count). The van der Waals surface area contributed by atoms with Gasteiger partial charge in [0.1, 0.15) is 11.5 Å². The van der Waals surface area contributed by atoms with Gasteiger partial charge in [-0.1, -0.05) is 17.7 Å². The Balaban J connectivity index is 1.25. The van der Waals surface area contributed by atoms with Crippen LogP contribution in [0.15, 0.2) is 48.9 Å². The van der Waals surface area contributed by atoms with E-state index in [9.17, 15) is 13.6 Å². The van der Waals surface area contributed by atoms with E-state index in [-0.39, 0.29) is 17.8 Å². The number of anilines is 2. The van der Waals surface area contributed by atoms with Gasteiger partial charge in [-0.05, 0) is 43.0 Å². The monoisotopic (exact) mass is 497 g/mol. The van der Waals surface area contributed by atoms with Gasteiger partial charge in [0.15, 0.2) is 17.5 Å². The lowest BCUT2D eigenvalue weighted by Gasteiger charge is -2.33. The maximum atomic E-state index is 14.5. The van der Waals surface area contributed by atoms with Crippen molar-refractivity contribution < 1.29 is 13.6 Å². The first kappa shape index (κ1) is 23.0. The topological polar surface area (TPSA) is 98.8 Å². The van der Waals surface area contributed by atoms with Crippen LogP contribution in [-0.4, -0.2) is 50.5 Å². The van der Waals surface area contributed by atoms with Gasteiger partial charge in [0.05, 0.1) is 11.2 Å². The third-order valence-electron chi connectivity index (χ3n) is 5.92. The molecule has 0 saturated carbocycles. The summed E-state index contributed by atoms with van der Waals surface area (Å²) in [6, 6.07) is 7.23.